The molecule has 0 aliphatic rings. The van der Waals surface area contributed by atoms with Gasteiger partial charge in [-0.05, 0) is 31.2 Å². The second-order valence-corrected chi connectivity index (χ2v) is 11.7. The van der Waals surface area contributed by atoms with Crippen LogP contribution < -0.4 is 38.1 Å². The van der Waals surface area contributed by atoms with E-state index >= 15 is 0 Å². The topological polar surface area (TPSA) is 230 Å². The maximum Gasteiger partial charge on any atom is 0.272 e. The van der Waals surface area contributed by atoms with Crippen molar-refractivity contribution in [1.82, 2.24) is 23.6 Å². The van der Waals surface area contributed by atoms with E-state index < -0.39 is 23.6 Å². The van der Waals surface area contributed by atoms with E-state index in [9.17, 15) is 24.0 Å². The highest BCUT2D eigenvalue weighted by molar-refractivity contribution is 6.43. The van der Waals surface area contributed by atoms with Crippen molar-refractivity contribution in [2.75, 3.05) is 27.8 Å². The first-order valence-electron chi connectivity index (χ1n) is 14.6. The molecule has 4 aromatic heterocycles. The zero-order chi connectivity index (χ0) is 36.2. The molecule has 5 amide bonds. The summed E-state index contributed by atoms with van der Waals surface area (Å²) in [5.41, 5.74) is 13.2. The van der Waals surface area contributed by atoms with Crippen molar-refractivity contribution in [3.8, 4) is 0 Å². The van der Waals surface area contributed by atoms with Crippen molar-refractivity contribution >= 4 is 82.3 Å². The fourth-order valence-electron chi connectivity index (χ4n) is 4.85. The highest BCUT2D eigenvalue weighted by Gasteiger charge is 2.20. The molecule has 0 saturated carbocycles. The van der Waals surface area contributed by atoms with Gasteiger partial charge in [-0.15, -0.1) is 12.4 Å². The molecule has 19 heteroatoms. The van der Waals surface area contributed by atoms with Gasteiger partial charge in [0.05, 0.1) is 33.8 Å². The molecule has 0 fully saturated rings. The summed E-state index contributed by atoms with van der Waals surface area (Å²) in [5.74, 6) is -2.48. The molecule has 0 radical (unpaired) electrons. The molecule has 0 saturated heterocycles. The van der Waals surface area contributed by atoms with E-state index in [-0.39, 0.29) is 59.0 Å². The highest BCUT2D eigenvalue weighted by atomic mass is 35.5. The zero-order valence-corrected chi connectivity index (χ0v) is 29.4. The largest absolute Gasteiger partial charge is 0.370 e. The molecule has 50 heavy (non-hydrogen) atoms. The second-order valence-electron chi connectivity index (χ2n) is 11.2. The Bertz CT molecular complexity index is 2000. The third kappa shape index (κ3) is 9.36. The van der Waals surface area contributed by atoms with Gasteiger partial charge in [0.25, 0.3) is 29.5 Å². The van der Waals surface area contributed by atoms with Gasteiger partial charge in [-0.1, -0.05) is 18.2 Å². The first-order chi connectivity index (χ1) is 23.0. The van der Waals surface area contributed by atoms with Crippen molar-refractivity contribution in [2.24, 2.45) is 44.7 Å². The molecule has 4 rings (SSSR count). The van der Waals surface area contributed by atoms with Crippen LogP contribution in [0.5, 0.6) is 0 Å². The smallest absolute Gasteiger partial charge is 0.272 e. The predicted molar refractivity (Wildman–Crippen MR) is 194 cm³/mol. The molecular formula is C31H38Cl2N12O5. The fraction of sp³-hybridized carbons (Fsp3) is 0.226. The number of aryl methyl sites for hydroxylation is 4. The lowest BCUT2D eigenvalue weighted by Gasteiger charge is -2.09. The van der Waals surface area contributed by atoms with E-state index in [1.807, 2.05) is 0 Å². The number of amides is 5. The average Bonchev–Trinajstić information content (AvgIpc) is 3.76. The number of nitrogens with one attached hydrogen (secondary N) is 5. The van der Waals surface area contributed by atoms with Gasteiger partial charge in [-0.3, -0.25) is 24.0 Å². The minimum atomic E-state index is -0.594. The number of hydrogen-bond acceptors (Lipinski definition) is 6. The number of rotatable bonds is 12. The Morgan fingerprint density at radius 3 is 1.32 bits per heavy atom. The Morgan fingerprint density at radius 2 is 1.00 bits per heavy atom. The quantitative estimate of drug-likeness (QED) is 0.0653. The molecule has 1 unspecified atom stereocenters. The number of hydrogen-bond donors (Lipinski definition) is 7. The second kappa shape index (κ2) is 16.0. The summed E-state index contributed by atoms with van der Waals surface area (Å²) < 4.78 is 6.17. The van der Waals surface area contributed by atoms with Crippen LogP contribution in [0.25, 0.3) is 0 Å². The average molecular weight is 730 g/mol. The Morgan fingerprint density at radius 1 is 0.680 bits per heavy atom. The molecular weight excluding hydrogens is 691 g/mol. The Kier molecular flexibility index (Phi) is 12.3. The van der Waals surface area contributed by atoms with E-state index in [1.54, 1.807) is 69.0 Å². The van der Waals surface area contributed by atoms with Crippen LogP contribution in [-0.4, -0.2) is 66.4 Å². The lowest BCUT2D eigenvalue weighted by Crippen LogP contribution is -2.33. The van der Waals surface area contributed by atoms with E-state index in [0.29, 0.717) is 28.4 Å². The molecule has 0 spiro atoms. The summed E-state index contributed by atoms with van der Waals surface area (Å²) in [6.45, 7) is 5.33. The fourth-order valence-corrected chi connectivity index (χ4v) is 4.90. The van der Waals surface area contributed by atoms with E-state index in [1.165, 1.54) is 33.4 Å². The maximum atomic E-state index is 13.2. The normalized spacial score (nSPS) is 11.1. The molecule has 4 heterocycles. The van der Waals surface area contributed by atoms with Crippen LogP contribution in [0.15, 0.2) is 65.7 Å². The Balaban J connectivity index is 0.00000676. The zero-order valence-electron chi connectivity index (χ0n) is 27.8. The number of anilines is 4. The standard InChI is InChI=1S/C31H37ClN12O5.ClH/c1-16(36-31(33)34)11-35-27(46)22-7-19(13-41(22)3)38-29(48)24-9-21(15-43(24)5)40-30(49)25-10-20(14-44(25)6)39-28(47)23-8-18(12-42(23)4)37-26(45)17(2)32;/h7-10,12-16H,2,11H2,1,3-6H3,(H,35,46)(H,37,45)(H,38,48)(H,39,47)(H,40,49)(H4,33,34,36);1H. The molecule has 4 aromatic rings. The summed E-state index contributed by atoms with van der Waals surface area (Å²) in [4.78, 5) is 67.7. The van der Waals surface area contributed by atoms with Gasteiger partial charge >= 0.3 is 0 Å². The monoisotopic (exact) mass is 728 g/mol. The molecule has 0 aromatic carbocycles. The van der Waals surface area contributed by atoms with E-state index in [2.05, 4.69) is 38.2 Å². The van der Waals surface area contributed by atoms with Crippen molar-refractivity contribution in [3.63, 3.8) is 0 Å². The summed E-state index contributed by atoms with van der Waals surface area (Å²) in [6.07, 6.45) is 6.28. The number of nitrogens with two attached hydrogens (primary N) is 2. The number of carbonyl (C=O) groups excluding carboxylic acids is 5. The predicted octanol–water partition coefficient (Wildman–Crippen LogP) is 2.30. The van der Waals surface area contributed by atoms with Gasteiger partial charge in [0, 0.05) is 59.5 Å². The molecule has 17 nitrogen and oxygen atoms in total. The van der Waals surface area contributed by atoms with Crippen LogP contribution in [-0.2, 0) is 33.0 Å². The lowest BCUT2D eigenvalue weighted by atomic mass is 10.3. The van der Waals surface area contributed by atoms with Gasteiger partial charge in [-0.25, -0.2) is 4.99 Å². The molecule has 9 N–H and O–H groups in total. The lowest BCUT2D eigenvalue weighted by molar-refractivity contribution is -0.112. The minimum Gasteiger partial charge on any atom is -0.370 e. The van der Waals surface area contributed by atoms with Crippen LogP contribution in [0.4, 0.5) is 22.7 Å². The van der Waals surface area contributed by atoms with E-state index in [4.69, 9.17) is 23.1 Å². The van der Waals surface area contributed by atoms with Crippen LogP contribution in [0.1, 0.15) is 48.9 Å². The molecule has 0 aliphatic carbocycles. The van der Waals surface area contributed by atoms with Gasteiger partial charge in [0.2, 0.25) is 0 Å². The van der Waals surface area contributed by atoms with Gasteiger partial charge in [0.15, 0.2) is 5.96 Å². The van der Waals surface area contributed by atoms with Crippen molar-refractivity contribution in [3.05, 3.63) is 83.4 Å². The number of aromatic nitrogens is 4. The van der Waals surface area contributed by atoms with Crippen LogP contribution >= 0.6 is 24.0 Å². The molecule has 1 atom stereocenters. The molecule has 0 aliphatic heterocycles. The van der Waals surface area contributed by atoms with Crippen LogP contribution in [0.3, 0.4) is 0 Å². The Labute approximate surface area is 298 Å². The van der Waals surface area contributed by atoms with Crippen molar-refractivity contribution in [1.29, 1.82) is 0 Å². The van der Waals surface area contributed by atoms with Gasteiger partial charge in [0.1, 0.15) is 22.8 Å². The van der Waals surface area contributed by atoms with Gasteiger partial charge in [-0.2, -0.15) is 0 Å². The number of halogens is 2. The highest BCUT2D eigenvalue weighted by Crippen LogP contribution is 2.21. The molecule has 266 valence electrons. The summed E-state index contributed by atoms with van der Waals surface area (Å²) in [6, 6.07) is 5.69. The van der Waals surface area contributed by atoms with Crippen molar-refractivity contribution < 1.29 is 24.0 Å². The summed E-state index contributed by atoms with van der Waals surface area (Å²) in [5, 5.41) is 13.3. The van der Waals surface area contributed by atoms with Crippen LogP contribution in [0, 0.1) is 0 Å². The third-order valence-electron chi connectivity index (χ3n) is 7.16. The first-order valence-corrected chi connectivity index (χ1v) is 15.0. The number of aliphatic imine (C=N–C) groups is 1. The molecule has 0 bridgehead atoms. The summed E-state index contributed by atoms with van der Waals surface area (Å²) >= 11 is 5.61. The number of nitrogens with zero attached hydrogens (tertiary/aromatic N) is 5. The summed E-state index contributed by atoms with van der Waals surface area (Å²) in [7, 11) is 6.59. The van der Waals surface area contributed by atoms with Crippen molar-refractivity contribution in [2.45, 2.75) is 13.0 Å². The minimum absolute atomic E-state index is 0. The SMILES string of the molecule is C=C(Cl)C(=O)Nc1cc(C(=O)Nc2cc(C(=O)Nc3cc(C(=O)Nc4cc(C(=O)NCC(C)N=C(N)N)n(C)c4)n(C)c3)n(C)c2)n(C)c1.Cl. The maximum absolute atomic E-state index is 13.2. The van der Waals surface area contributed by atoms with Crippen LogP contribution in [0.2, 0.25) is 0 Å². The number of guanidine groups is 1. The first kappa shape index (κ1) is 38.5. The van der Waals surface area contributed by atoms with Gasteiger partial charge < -0.3 is 56.3 Å². The third-order valence-corrected chi connectivity index (χ3v) is 7.33. The van der Waals surface area contributed by atoms with E-state index in [0.717, 1.165) is 0 Å². The Hall–Kier alpha value is -5.94. The number of carbonyl (C=O) groups is 5.